The average Bonchev–Trinajstić information content (AvgIpc) is 2.35. The smallest absolute Gasteiger partial charge is 0.0763 e. The summed E-state index contributed by atoms with van der Waals surface area (Å²) in [5.41, 5.74) is 2.73. The van der Waals surface area contributed by atoms with E-state index in [1.165, 1.54) is 11.1 Å². The van der Waals surface area contributed by atoms with E-state index in [0.29, 0.717) is 5.92 Å². The number of hydrogen-bond acceptors (Lipinski definition) is 2. The van der Waals surface area contributed by atoms with E-state index in [2.05, 4.69) is 50.4 Å². The third kappa shape index (κ3) is 4.11. The minimum atomic E-state index is 0.226. The molecule has 1 aromatic rings. The van der Waals surface area contributed by atoms with Crippen LogP contribution in [0.3, 0.4) is 0 Å². The Kier molecular flexibility index (Phi) is 6.37. The molecule has 0 bridgehead atoms. The van der Waals surface area contributed by atoms with Gasteiger partial charge in [0.05, 0.1) is 12.1 Å². The molecule has 0 fully saturated rings. The maximum atomic E-state index is 5.57. The van der Waals surface area contributed by atoms with E-state index in [9.17, 15) is 0 Å². The Labute approximate surface area is 112 Å². The van der Waals surface area contributed by atoms with Gasteiger partial charge in [0.15, 0.2) is 0 Å². The molecule has 0 saturated carbocycles. The SMILES string of the molecule is CCC(OC)C(NC)c1cccc(CC(C)C)c1. The van der Waals surface area contributed by atoms with Crippen LogP contribution in [0.2, 0.25) is 0 Å². The molecule has 0 radical (unpaired) electrons. The van der Waals surface area contributed by atoms with Crippen LogP contribution in [0.4, 0.5) is 0 Å². The Morgan fingerprint density at radius 3 is 2.50 bits per heavy atom. The van der Waals surface area contributed by atoms with Crippen LogP contribution in [-0.2, 0) is 11.2 Å². The fraction of sp³-hybridized carbons (Fsp3) is 0.625. The second kappa shape index (κ2) is 7.55. The van der Waals surface area contributed by atoms with E-state index < -0.39 is 0 Å². The summed E-state index contributed by atoms with van der Waals surface area (Å²) in [6, 6.07) is 9.13. The molecule has 1 rings (SSSR count). The van der Waals surface area contributed by atoms with Crippen molar-refractivity contribution < 1.29 is 4.74 Å². The van der Waals surface area contributed by atoms with E-state index in [1.54, 1.807) is 7.11 Å². The first-order chi connectivity index (χ1) is 8.62. The van der Waals surface area contributed by atoms with Crippen LogP contribution >= 0.6 is 0 Å². The van der Waals surface area contributed by atoms with Gasteiger partial charge in [-0.15, -0.1) is 0 Å². The van der Waals surface area contributed by atoms with Crippen molar-refractivity contribution in [1.29, 1.82) is 0 Å². The zero-order valence-electron chi connectivity index (χ0n) is 12.4. The summed E-state index contributed by atoms with van der Waals surface area (Å²) in [5.74, 6) is 0.692. The van der Waals surface area contributed by atoms with Crippen molar-refractivity contribution in [2.45, 2.75) is 45.8 Å². The van der Waals surface area contributed by atoms with Crippen LogP contribution in [0.5, 0.6) is 0 Å². The highest BCUT2D eigenvalue weighted by Crippen LogP contribution is 2.22. The molecule has 18 heavy (non-hydrogen) atoms. The van der Waals surface area contributed by atoms with Gasteiger partial charge in [0.2, 0.25) is 0 Å². The number of rotatable bonds is 7. The van der Waals surface area contributed by atoms with Crippen LogP contribution in [-0.4, -0.2) is 20.3 Å². The molecular formula is C16H27NO. The molecule has 0 amide bonds. The molecule has 0 aliphatic heterocycles. The fourth-order valence-electron chi connectivity index (χ4n) is 2.49. The molecule has 0 aliphatic rings. The van der Waals surface area contributed by atoms with Gasteiger partial charge in [-0.05, 0) is 36.9 Å². The molecule has 1 aromatic carbocycles. The molecule has 2 atom stereocenters. The monoisotopic (exact) mass is 249 g/mol. The third-order valence-electron chi connectivity index (χ3n) is 3.34. The minimum Gasteiger partial charge on any atom is -0.379 e. The Morgan fingerprint density at radius 1 is 1.28 bits per heavy atom. The number of nitrogens with one attached hydrogen (secondary N) is 1. The maximum Gasteiger partial charge on any atom is 0.0763 e. The van der Waals surface area contributed by atoms with Gasteiger partial charge >= 0.3 is 0 Å². The molecular weight excluding hydrogens is 222 g/mol. The Hall–Kier alpha value is -0.860. The lowest BCUT2D eigenvalue weighted by Crippen LogP contribution is -2.30. The van der Waals surface area contributed by atoms with E-state index in [-0.39, 0.29) is 12.1 Å². The van der Waals surface area contributed by atoms with Gasteiger partial charge in [-0.1, -0.05) is 45.0 Å². The van der Waals surface area contributed by atoms with Gasteiger partial charge in [0.25, 0.3) is 0 Å². The molecule has 0 spiro atoms. The Balaban J connectivity index is 2.91. The van der Waals surface area contributed by atoms with Crippen molar-refractivity contribution in [2.75, 3.05) is 14.2 Å². The second-order valence-electron chi connectivity index (χ2n) is 5.29. The van der Waals surface area contributed by atoms with Crippen molar-refractivity contribution in [1.82, 2.24) is 5.32 Å². The largest absolute Gasteiger partial charge is 0.379 e. The molecule has 2 nitrogen and oxygen atoms in total. The van der Waals surface area contributed by atoms with Gasteiger partial charge in [0, 0.05) is 7.11 Å². The van der Waals surface area contributed by atoms with Crippen molar-refractivity contribution in [3.8, 4) is 0 Å². The van der Waals surface area contributed by atoms with Crippen LogP contribution in [0, 0.1) is 5.92 Å². The van der Waals surface area contributed by atoms with Gasteiger partial charge in [0.1, 0.15) is 0 Å². The fourth-order valence-corrected chi connectivity index (χ4v) is 2.49. The number of hydrogen-bond donors (Lipinski definition) is 1. The zero-order valence-corrected chi connectivity index (χ0v) is 12.4. The zero-order chi connectivity index (χ0) is 13.5. The Morgan fingerprint density at radius 2 is 2.00 bits per heavy atom. The van der Waals surface area contributed by atoms with Crippen molar-refractivity contribution in [3.05, 3.63) is 35.4 Å². The lowest BCUT2D eigenvalue weighted by atomic mass is 9.95. The summed E-state index contributed by atoms with van der Waals surface area (Å²) < 4.78 is 5.57. The highest BCUT2D eigenvalue weighted by molar-refractivity contribution is 5.27. The molecule has 2 unspecified atom stereocenters. The predicted molar refractivity (Wildman–Crippen MR) is 77.9 cm³/mol. The molecule has 0 aromatic heterocycles. The predicted octanol–water partition coefficient (Wildman–Crippen LogP) is 3.57. The molecule has 2 heteroatoms. The maximum absolute atomic E-state index is 5.57. The molecule has 0 aliphatic carbocycles. The Bertz CT molecular complexity index is 345. The van der Waals surface area contributed by atoms with E-state index in [1.807, 2.05) is 7.05 Å². The third-order valence-corrected chi connectivity index (χ3v) is 3.34. The van der Waals surface area contributed by atoms with Crippen LogP contribution in [0.15, 0.2) is 24.3 Å². The summed E-state index contributed by atoms with van der Waals surface area (Å²) in [7, 11) is 3.79. The minimum absolute atomic E-state index is 0.226. The summed E-state index contributed by atoms with van der Waals surface area (Å²) in [4.78, 5) is 0. The summed E-state index contributed by atoms with van der Waals surface area (Å²) >= 11 is 0. The summed E-state index contributed by atoms with van der Waals surface area (Å²) in [6.45, 7) is 6.68. The van der Waals surface area contributed by atoms with Gasteiger partial charge in [-0.3, -0.25) is 0 Å². The van der Waals surface area contributed by atoms with Gasteiger partial charge < -0.3 is 10.1 Å². The van der Waals surface area contributed by atoms with Crippen molar-refractivity contribution in [3.63, 3.8) is 0 Å². The summed E-state index contributed by atoms with van der Waals surface area (Å²) in [5, 5.41) is 3.38. The topological polar surface area (TPSA) is 21.3 Å². The lowest BCUT2D eigenvalue weighted by Gasteiger charge is -2.25. The van der Waals surface area contributed by atoms with Gasteiger partial charge in [-0.25, -0.2) is 0 Å². The number of likely N-dealkylation sites (N-methyl/N-ethyl adjacent to an activating group) is 1. The average molecular weight is 249 g/mol. The summed E-state index contributed by atoms with van der Waals surface area (Å²) in [6.07, 6.45) is 2.37. The molecule has 102 valence electrons. The normalized spacial score (nSPS) is 14.8. The first kappa shape index (κ1) is 15.2. The van der Waals surface area contributed by atoms with Crippen molar-refractivity contribution in [2.24, 2.45) is 5.92 Å². The van der Waals surface area contributed by atoms with Gasteiger partial charge in [-0.2, -0.15) is 0 Å². The first-order valence-electron chi connectivity index (χ1n) is 6.91. The van der Waals surface area contributed by atoms with E-state index in [4.69, 9.17) is 4.74 Å². The first-order valence-corrected chi connectivity index (χ1v) is 6.91. The standard InChI is InChI=1S/C16H27NO/c1-6-15(18-5)16(17-4)14-9-7-8-13(11-14)10-12(2)3/h7-9,11-12,15-17H,6,10H2,1-5H3. The van der Waals surface area contributed by atoms with Crippen LogP contribution < -0.4 is 5.32 Å². The number of methoxy groups -OCH3 is 1. The molecule has 1 N–H and O–H groups in total. The molecule has 0 heterocycles. The highest BCUT2D eigenvalue weighted by Gasteiger charge is 2.19. The number of benzene rings is 1. The van der Waals surface area contributed by atoms with E-state index in [0.717, 1.165) is 12.8 Å². The number of ether oxygens (including phenoxy) is 1. The van der Waals surface area contributed by atoms with Crippen molar-refractivity contribution >= 4 is 0 Å². The lowest BCUT2D eigenvalue weighted by molar-refractivity contribution is 0.0675. The second-order valence-corrected chi connectivity index (χ2v) is 5.29. The van der Waals surface area contributed by atoms with Crippen LogP contribution in [0.25, 0.3) is 0 Å². The van der Waals surface area contributed by atoms with Crippen LogP contribution in [0.1, 0.15) is 44.4 Å². The molecule has 0 saturated heterocycles. The highest BCUT2D eigenvalue weighted by atomic mass is 16.5. The quantitative estimate of drug-likeness (QED) is 0.797. The van der Waals surface area contributed by atoms with E-state index >= 15 is 0 Å².